The van der Waals surface area contributed by atoms with Crippen LogP contribution in [0, 0.1) is 0 Å². The number of aromatic hydroxyl groups is 1. The van der Waals surface area contributed by atoms with Crippen LogP contribution in [0.15, 0.2) is 18.2 Å². The van der Waals surface area contributed by atoms with Gasteiger partial charge in [0.15, 0.2) is 0 Å². The van der Waals surface area contributed by atoms with Crippen molar-refractivity contribution >= 4 is 0 Å². The van der Waals surface area contributed by atoms with Crippen LogP contribution in [-0.2, 0) is 11.8 Å². The summed E-state index contributed by atoms with van der Waals surface area (Å²) in [4.78, 5) is 2.54. The summed E-state index contributed by atoms with van der Waals surface area (Å²) in [5.74, 6) is 0.435. The molecule has 19 heavy (non-hydrogen) atoms. The Labute approximate surface area is 116 Å². The molecule has 0 aromatic heterocycles. The second-order valence-electron chi connectivity index (χ2n) is 6.39. The maximum Gasteiger partial charge on any atom is 0.115 e. The first-order chi connectivity index (χ1) is 9.17. The Balaban J connectivity index is 2.06. The molecule has 0 unspecified atom stereocenters. The van der Waals surface area contributed by atoms with E-state index in [9.17, 15) is 5.11 Å². The van der Waals surface area contributed by atoms with Crippen molar-refractivity contribution in [2.75, 3.05) is 13.6 Å². The summed E-state index contributed by atoms with van der Waals surface area (Å²) in [7, 11) is 2.27. The van der Waals surface area contributed by atoms with Gasteiger partial charge in [0.2, 0.25) is 0 Å². The van der Waals surface area contributed by atoms with Crippen LogP contribution in [0.1, 0.15) is 50.2 Å². The lowest BCUT2D eigenvalue weighted by molar-refractivity contribution is 0.204. The number of benzene rings is 1. The number of likely N-dealkylation sites (tertiary alicyclic amines) is 1. The Bertz CT molecular complexity index is 470. The quantitative estimate of drug-likeness (QED) is 0.898. The first-order valence-electron chi connectivity index (χ1n) is 7.70. The Morgan fingerprint density at radius 2 is 2.26 bits per heavy atom. The van der Waals surface area contributed by atoms with Crippen molar-refractivity contribution in [3.05, 3.63) is 29.3 Å². The van der Waals surface area contributed by atoms with E-state index in [-0.39, 0.29) is 0 Å². The molecular formula is C17H25NO. The number of likely N-dealkylation sites (N-methyl/N-ethyl adjacent to an activating group) is 1. The molecule has 1 fully saturated rings. The van der Waals surface area contributed by atoms with E-state index in [4.69, 9.17) is 0 Å². The minimum Gasteiger partial charge on any atom is -0.508 e. The molecule has 2 nitrogen and oxygen atoms in total. The molecule has 1 aliphatic heterocycles. The number of nitrogens with zero attached hydrogens (tertiary/aromatic N) is 1. The van der Waals surface area contributed by atoms with Gasteiger partial charge in [0.05, 0.1) is 0 Å². The van der Waals surface area contributed by atoms with Crippen LogP contribution in [0.3, 0.4) is 0 Å². The van der Waals surface area contributed by atoms with E-state index >= 15 is 0 Å². The topological polar surface area (TPSA) is 23.5 Å². The van der Waals surface area contributed by atoms with Gasteiger partial charge in [-0.2, -0.15) is 0 Å². The Hall–Kier alpha value is -1.02. The Morgan fingerprint density at radius 3 is 3.05 bits per heavy atom. The van der Waals surface area contributed by atoms with E-state index in [0.717, 1.165) is 0 Å². The molecule has 3 rings (SSSR count). The largest absolute Gasteiger partial charge is 0.508 e. The van der Waals surface area contributed by atoms with Gasteiger partial charge in [0.1, 0.15) is 5.75 Å². The highest BCUT2D eigenvalue weighted by Crippen LogP contribution is 2.50. The van der Waals surface area contributed by atoms with Gasteiger partial charge in [-0.3, -0.25) is 0 Å². The van der Waals surface area contributed by atoms with Gasteiger partial charge in [-0.15, -0.1) is 0 Å². The van der Waals surface area contributed by atoms with Crippen LogP contribution >= 0.6 is 0 Å². The number of phenols is 1. The lowest BCUT2D eigenvalue weighted by Gasteiger charge is -2.43. The summed E-state index contributed by atoms with van der Waals surface area (Å²) in [5.41, 5.74) is 3.22. The van der Waals surface area contributed by atoms with E-state index in [0.29, 0.717) is 17.2 Å². The lowest BCUT2D eigenvalue weighted by Crippen LogP contribution is -2.44. The van der Waals surface area contributed by atoms with Gasteiger partial charge in [0.25, 0.3) is 0 Å². The maximum absolute atomic E-state index is 9.90. The summed E-state index contributed by atoms with van der Waals surface area (Å²) in [6, 6.07) is 6.72. The molecule has 0 spiro atoms. The maximum atomic E-state index is 9.90. The van der Waals surface area contributed by atoms with Crippen LogP contribution in [0.4, 0.5) is 0 Å². The Morgan fingerprint density at radius 1 is 1.42 bits per heavy atom. The van der Waals surface area contributed by atoms with E-state index in [2.05, 4.69) is 31.0 Å². The van der Waals surface area contributed by atoms with Crippen LogP contribution in [0.5, 0.6) is 5.75 Å². The van der Waals surface area contributed by atoms with Crippen molar-refractivity contribution in [2.45, 2.75) is 56.9 Å². The highest BCUT2D eigenvalue weighted by Gasteiger charge is 2.49. The molecule has 1 heterocycles. The molecule has 1 N–H and O–H groups in total. The number of unbranched alkanes of at least 4 members (excludes halogenated alkanes) is 1. The van der Waals surface area contributed by atoms with E-state index in [1.54, 1.807) is 0 Å². The van der Waals surface area contributed by atoms with E-state index in [1.165, 1.54) is 56.2 Å². The van der Waals surface area contributed by atoms with Crippen molar-refractivity contribution < 1.29 is 5.11 Å². The van der Waals surface area contributed by atoms with Gasteiger partial charge in [0, 0.05) is 11.5 Å². The molecule has 1 aliphatic carbocycles. The smallest absolute Gasteiger partial charge is 0.115 e. The second-order valence-corrected chi connectivity index (χ2v) is 6.39. The molecule has 0 amide bonds. The molecule has 1 aromatic carbocycles. The molecule has 2 aliphatic rings. The first-order valence-corrected chi connectivity index (χ1v) is 7.70. The molecule has 0 radical (unpaired) electrons. The van der Waals surface area contributed by atoms with E-state index in [1.807, 2.05) is 6.07 Å². The fourth-order valence-electron chi connectivity index (χ4n) is 4.39. The highest BCUT2D eigenvalue weighted by atomic mass is 16.3. The molecule has 0 saturated carbocycles. The number of rotatable bonds is 3. The van der Waals surface area contributed by atoms with Crippen molar-refractivity contribution in [3.8, 4) is 5.75 Å². The van der Waals surface area contributed by atoms with Crippen LogP contribution < -0.4 is 0 Å². The zero-order valence-electron chi connectivity index (χ0n) is 12.2. The fraction of sp³-hybridized carbons (Fsp3) is 0.647. The zero-order chi connectivity index (χ0) is 13.5. The minimum absolute atomic E-state index is 0.303. The third-order valence-corrected chi connectivity index (χ3v) is 5.37. The lowest BCUT2D eigenvalue weighted by atomic mass is 9.64. The van der Waals surface area contributed by atoms with Gasteiger partial charge >= 0.3 is 0 Å². The van der Waals surface area contributed by atoms with Crippen molar-refractivity contribution in [2.24, 2.45) is 0 Å². The highest BCUT2D eigenvalue weighted by molar-refractivity contribution is 5.44. The standard InChI is InChI=1S/C17H25NO/c1-3-4-9-17-10-11-18(2)16(17)8-6-13-5-7-14(19)12-15(13)17/h5,7,12,16,19H,3-4,6,8-11H2,1-2H3/t16-,17+/m1/s1. The molecule has 1 saturated heterocycles. The Kier molecular flexibility index (Phi) is 3.30. The van der Waals surface area contributed by atoms with Gasteiger partial charge in [-0.25, -0.2) is 0 Å². The molecule has 2 heteroatoms. The second kappa shape index (κ2) is 4.82. The number of phenolic OH excluding ortho intramolecular Hbond substituents is 1. The summed E-state index contributed by atoms with van der Waals surface area (Å²) in [6.45, 7) is 3.47. The molecular weight excluding hydrogens is 234 g/mol. The molecule has 1 aromatic rings. The van der Waals surface area contributed by atoms with E-state index < -0.39 is 0 Å². The predicted molar refractivity (Wildman–Crippen MR) is 78.7 cm³/mol. The SMILES string of the molecule is CCCC[C@@]12CCN(C)[C@@H]1CCc1ccc(O)cc12. The third kappa shape index (κ3) is 1.97. The van der Waals surface area contributed by atoms with Crippen molar-refractivity contribution in [3.63, 3.8) is 0 Å². The molecule has 0 bridgehead atoms. The average molecular weight is 259 g/mol. The monoisotopic (exact) mass is 259 g/mol. The zero-order valence-corrected chi connectivity index (χ0v) is 12.2. The van der Waals surface area contributed by atoms with Crippen molar-refractivity contribution in [1.82, 2.24) is 4.90 Å². The summed E-state index contributed by atoms with van der Waals surface area (Å²) < 4.78 is 0. The summed E-state index contributed by atoms with van der Waals surface area (Å²) in [5, 5.41) is 9.90. The van der Waals surface area contributed by atoms with Gasteiger partial charge in [-0.1, -0.05) is 25.8 Å². The fourth-order valence-corrected chi connectivity index (χ4v) is 4.39. The predicted octanol–water partition coefficient (Wildman–Crippen LogP) is 3.47. The average Bonchev–Trinajstić information content (AvgIpc) is 2.75. The van der Waals surface area contributed by atoms with Crippen LogP contribution in [-0.4, -0.2) is 29.6 Å². The van der Waals surface area contributed by atoms with Crippen LogP contribution in [0.25, 0.3) is 0 Å². The van der Waals surface area contributed by atoms with Crippen LogP contribution in [0.2, 0.25) is 0 Å². The number of aryl methyl sites for hydroxylation is 1. The van der Waals surface area contributed by atoms with Gasteiger partial charge in [-0.05, 0) is 62.5 Å². The number of hydrogen-bond donors (Lipinski definition) is 1. The number of fused-ring (bicyclic) bond motifs is 3. The first kappa shape index (κ1) is 13.0. The third-order valence-electron chi connectivity index (χ3n) is 5.37. The summed E-state index contributed by atoms with van der Waals surface area (Å²) >= 11 is 0. The van der Waals surface area contributed by atoms with Gasteiger partial charge < -0.3 is 10.0 Å². The minimum atomic E-state index is 0.303. The molecule has 104 valence electrons. The number of hydrogen-bond acceptors (Lipinski definition) is 2. The molecule has 2 atom stereocenters. The van der Waals surface area contributed by atoms with Crippen molar-refractivity contribution in [1.29, 1.82) is 0 Å². The summed E-state index contributed by atoms with van der Waals surface area (Å²) in [6.07, 6.45) is 7.52. The normalized spacial score (nSPS) is 30.1.